The number of aryl methyl sites for hydroxylation is 1. The zero-order valence-electron chi connectivity index (χ0n) is 13.3. The second kappa shape index (κ2) is 6.86. The van der Waals surface area contributed by atoms with Crippen LogP contribution in [0.3, 0.4) is 0 Å². The standard InChI is InChI=1S/C18H18F2N2O2/c1-24-16-6-2-4-12-5-3-9-22(18(12)16)11-17(23)21-13-7-8-14(19)15(20)10-13/h2,4,6-8,10H,3,5,9,11H2,1H3,(H,21,23). The number of nitrogens with one attached hydrogen (secondary N) is 1. The van der Waals surface area contributed by atoms with Crippen molar-refractivity contribution in [3.63, 3.8) is 0 Å². The van der Waals surface area contributed by atoms with Crippen molar-refractivity contribution in [1.29, 1.82) is 0 Å². The number of nitrogens with zero attached hydrogens (tertiary/aromatic N) is 1. The molecule has 1 aliphatic heterocycles. The summed E-state index contributed by atoms with van der Waals surface area (Å²) >= 11 is 0. The van der Waals surface area contributed by atoms with Crippen molar-refractivity contribution in [1.82, 2.24) is 0 Å². The minimum Gasteiger partial charge on any atom is -0.495 e. The number of carbonyl (C=O) groups excluding carboxylic acids is 1. The first-order valence-corrected chi connectivity index (χ1v) is 7.74. The van der Waals surface area contributed by atoms with E-state index in [1.165, 1.54) is 6.07 Å². The molecule has 24 heavy (non-hydrogen) atoms. The van der Waals surface area contributed by atoms with E-state index in [2.05, 4.69) is 5.32 Å². The van der Waals surface area contributed by atoms with E-state index in [9.17, 15) is 13.6 Å². The lowest BCUT2D eigenvalue weighted by Gasteiger charge is -2.32. The molecule has 0 fully saturated rings. The first-order valence-electron chi connectivity index (χ1n) is 7.74. The number of benzene rings is 2. The van der Waals surface area contributed by atoms with Gasteiger partial charge in [0, 0.05) is 18.3 Å². The van der Waals surface area contributed by atoms with Gasteiger partial charge in [-0.25, -0.2) is 8.78 Å². The van der Waals surface area contributed by atoms with Crippen LogP contribution >= 0.6 is 0 Å². The smallest absolute Gasteiger partial charge is 0.243 e. The summed E-state index contributed by atoms with van der Waals surface area (Å²) < 4.78 is 31.6. The van der Waals surface area contributed by atoms with E-state index in [0.29, 0.717) is 0 Å². The fourth-order valence-electron chi connectivity index (χ4n) is 2.97. The van der Waals surface area contributed by atoms with Crippen LogP contribution in [0.4, 0.5) is 20.2 Å². The molecule has 0 atom stereocenters. The molecule has 0 aliphatic carbocycles. The minimum absolute atomic E-state index is 0.117. The van der Waals surface area contributed by atoms with Crippen LogP contribution in [0.1, 0.15) is 12.0 Å². The van der Waals surface area contributed by atoms with Crippen molar-refractivity contribution in [2.45, 2.75) is 12.8 Å². The highest BCUT2D eigenvalue weighted by molar-refractivity contribution is 5.94. The van der Waals surface area contributed by atoms with E-state index < -0.39 is 11.6 Å². The molecule has 0 radical (unpaired) electrons. The molecule has 0 bridgehead atoms. The van der Waals surface area contributed by atoms with Crippen molar-refractivity contribution < 1.29 is 18.3 Å². The normalized spacial score (nSPS) is 13.4. The van der Waals surface area contributed by atoms with E-state index in [-0.39, 0.29) is 18.1 Å². The summed E-state index contributed by atoms with van der Waals surface area (Å²) in [6, 6.07) is 9.12. The maximum atomic E-state index is 13.2. The maximum absolute atomic E-state index is 13.2. The lowest BCUT2D eigenvalue weighted by atomic mass is 10.0. The van der Waals surface area contributed by atoms with Crippen LogP contribution in [0.25, 0.3) is 0 Å². The summed E-state index contributed by atoms with van der Waals surface area (Å²) in [7, 11) is 1.60. The first kappa shape index (κ1) is 16.2. The Bertz CT molecular complexity index is 750. The number of ether oxygens (including phenoxy) is 1. The Balaban J connectivity index is 1.75. The highest BCUT2D eigenvalue weighted by Gasteiger charge is 2.22. The molecule has 126 valence electrons. The molecular formula is C18H18F2N2O2. The molecule has 1 aliphatic rings. The molecule has 4 nitrogen and oxygen atoms in total. The summed E-state index contributed by atoms with van der Waals surface area (Å²) in [5, 5.41) is 2.60. The Morgan fingerprint density at radius 2 is 2.08 bits per heavy atom. The average molecular weight is 332 g/mol. The van der Waals surface area contributed by atoms with Gasteiger partial charge in [0.2, 0.25) is 5.91 Å². The Hall–Kier alpha value is -2.63. The lowest BCUT2D eigenvalue weighted by molar-refractivity contribution is -0.115. The molecule has 0 aromatic heterocycles. The van der Waals surface area contributed by atoms with E-state index in [1.54, 1.807) is 7.11 Å². The third-order valence-corrected chi connectivity index (χ3v) is 4.03. The van der Waals surface area contributed by atoms with E-state index in [1.807, 2.05) is 23.1 Å². The number of methoxy groups -OCH3 is 1. The van der Waals surface area contributed by atoms with Gasteiger partial charge in [0.05, 0.1) is 19.3 Å². The maximum Gasteiger partial charge on any atom is 0.243 e. The highest BCUT2D eigenvalue weighted by Crippen LogP contribution is 2.35. The number of anilines is 2. The number of carbonyl (C=O) groups is 1. The summed E-state index contributed by atoms with van der Waals surface area (Å²) in [4.78, 5) is 14.2. The van der Waals surface area contributed by atoms with Gasteiger partial charge in [-0.2, -0.15) is 0 Å². The van der Waals surface area contributed by atoms with Gasteiger partial charge < -0.3 is 15.0 Å². The number of hydrogen-bond donors (Lipinski definition) is 1. The van der Waals surface area contributed by atoms with Crippen LogP contribution in [-0.4, -0.2) is 26.1 Å². The Morgan fingerprint density at radius 1 is 1.25 bits per heavy atom. The third-order valence-electron chi connectivity index (χ3n) is 4.03. The Labute approximate surface area is 139 Å². The van der Waals surface area contributed by atoms with Crippen molar-refractivity contribution in [2.24, 2.45) is 0 Å². The van der Waals surface area contributed by atoms with E-state index in [0.717, 1.165) is 48.5 Å². The number of hydrogen-bond acceptors (Lipinski definition) is 3. The predicted octanol–water partition coefficient (Wildman–Crippen LogP) is 3.36. The van der Waals surface area contributed by atoms with Crippen molar-refractivity contribution in [3.8, 4) is 5.75 Å². The topological polar surface area (TPSA) is 41.6 Å². The molecule has 6 heteroatoms. The quantitative estimate of drug-likeness (QED) is 0.933. The summed E-state index contributed by atoms with van der Waals surface area (Å²) in [5.41, 5.74) is 2.30. The van der Waals surface area contributed by atoms with Crippen LogP contribution in [0.5, 0.6) is 5.75 Å². The Morgan fingerprint density at radius 3 is 2.83 bits per heavy atom. The number of rotatable bonds is 4. The van der Waals surface area contributed by atoms with Crippen molar-refractivity contribution in [3.05, 3.63) is 53.6 Å². The fourth-order valence-corrected chi connectivity index (χ4v) is 2.97. The largest absolute Gasteiger partial charge is 0.495 e. The molecular weight excluding hydrogens is 314 g/mol. The molecule has 2 aromatic rings. The van der Waals surface area contributed by atoms with E-state index >= 15 is 0 Å². The van der Waals surface area contributed by atoms with Crippen LogP contribution in [0, 0.1) is 11.6 Å². The van der Waals surface area contributed by atoms with Gasteiger partial charge in [-0.1, -0.05) is 12.1 Å². The SMILES string of the molecule is COc1cccc2c1N(CC(=O)Nc1ccc(F)c(F)c1)CCC2. The van der Waals surface area contributed by atoms with Gasteiger partial charge in [0.1, 0.15) is 5.75 Å². The molecule has 0 unspecified atom stereocenters. The number of halogens is 2. The minimum atomic E-state index is -0.988. The molecule has 0 saturated heterocycles. The Kier molecular flexibility index (Phi) is 4.64. The molecule has 1 amide bonds. The predicted molar refractivity (Wildman–Crippen MR) is 88.5 cm³/mol. The van der Waals surface area contributed by atoms with Crippen LogP contribution < -0.4 is 15.0 Å². The zero-order valence-corrected chi connectivity index (χ0v) is 13.3. The average Bonchev–Trinajstić information content (AvgIpc) is 2.58. The second-order valence-corrected chi connectivity index (χ2v) is 5.67. The molecule has 2 aromatic carbocycles. The van der Waals surface area contributed by atoms with Crippen molar-refractivity contribution >= 4 is 17.3 Å². The van der Waals surface area contributed by atoms with Crippen LogP contribution in [0.15, 0.2) is 36.4 Å². The molecule has 3 rings (SSSR count). The molecule has 1 heterocycles. The van der Waals surface area contributed by atoms with Crippen LogP contribution in [0.2, 0.25) is 0 Å². The van der Waals surface area contributed by atoms with Crippen LogP contribution in [-0.2, 0) is 11.2 Å². The van der Waals surface area contributed by atoms with Gasteiger partial charge in [-0.15, -0.1) is 0 Å². The summed E-state index contributed by atoms with van der Waals surface area (Å²) in [5.74, 6) is -1.49. The second-order valence-electron chi connectivity index (χ2n) is 5.67. The third kappa shape index (κ3) is 3.32. The van der Waals surface area contributed by atoms with Crippen molar-refractivity contribution in [2.75, 3.05) is 30.4 Å². The van der Waals surface area contributed by atoms with E-state index in [4.69, 9.17) is 4.74 Å². The van der Waals surface area contributed by atoms with Gasteiger partial charge in [0.15, 0.2) is 11.6 Å². The number of fused-ring (bicyclic) bond motifs is 1. The number of para-hydroxylation sites is 1. The van der Waals surface area contributed by atoms with Gasteiger partial charge in [-0.3, -0.25) is 4.79 Å². The first-order chi connectivity index (χ1) is 11.6. The van der Waals surface area contributed by atoms with Gasteiger partial charge >= 0.3 is 0 Å². The van der Waals surface area contributed by atoms with Gasteiger partial charge in [-0.05, 0) is 36.6 Å². The highest BCUT2D eigenvalue weighted by atomic mass is 19.2. The molecule has 1 N–H and O–H groups in total. The summed E-state index contributed by atoms with van der Waals surface area (Å²) in [6.45, 7) is 0.852. The molecule has 0 saturated carbocycles. The zero-order chi connectivity index (χ0) is 17.1. The number of amides is 1. The monoisotopic (exact) mass is 332 g/mol. The fraction of sp³-hybridized carbons (Fsp3) is 0.278. The summed E-state index contributed by atoms with van der Waals surface area (Å²) in [6.07, 6.45) is 1.88. The van der Waals surface area contributed by atoms with Gasteiger partial charge in [0.25, 0.3) is 0 Å². The molecule has 0 spiro atoms. The lowest BCUT2D eigenvalue weighted by Crippen LogP contribution is -2.37.